The largest absolute Gasteiger partial charge is 0.481 e. The fourth-order valence-electron chi connectivity index (χ4n) is 3.58. The summed E-state index contributed by atoms with van der Waals surface area (Å²) >= 11 is 0. The number of rotatable bonds is 5. The summed E-state index contributed by atoms with van der Waals surface area (Å²) < 4.78 is 24.4. The van der Waals surface area contributed by atoms with Crippen LogP contribution in [0.2, 0.25) is 0 Å². The van der Waals surface area contributed by atoms with Crippen molar-refractivity contribution in [2.45, 2.75) is 6.92 Å². The van der Waals surface area contributed by atoms with Gasteiger partial charge in [-0.2, -0.15) is 4.98 Å². The fourth-order valence-corrected chi connectivity index (χ4v) is 3.58. The van der Waals surface area contributed by atoms with Gasteiger partial charge in [0.15, 0.2) is 18.2 Å². The van der Waals surface area contributed by atoms with Gasteiger partial charge < -0.3 is 24.2 Å². The van der Waals surface area contributed by atoms with Gasteiger partial charge in [-0.05, 0) is 19.1 Å². The van der Waals surface area contributed by atoms with Crippen LogP contribution in [0.25, 0.3) is 0 Å². The number of para-hydroxylation sites is 1. The molecular formula is C21H26FN5O3. The summed E-state index contributed by atoms with van der Waals surface area (Å²) in [4.78, 5) is 27.8. The van der Waals surface area contributed by atoms with Crippen LogP contribution in [0.4, 0.5) is 16.2 Å². The monoisotopic (exact) mass is 415 g/mol. The number of hydrogen-bond donors (Lipinski definition) is 0. The maximum absolute atomic E-state index is 13.6. The van der Waals surface area contributed by atoms with E-state index in [0.29, 0.717) is 45.3 Å². The molecule has 1 aromatic carbocycles. The summed E-state index contributed by atoms with van der Waals surface area (Å²) in [7, 11) is 0. The van der Waals surface area contributed by atoms with E-state index in [2.05, 4.69) is 14.8 Å². The second-order valence-electron chi connectivity index (χ2n) is 7.35. The lowest BCUT2D eigenvalue weighted by molar-refractivity contribution is -0.133. The second-order valence-corrected chi connectivity index (χ2v) is 7.35. The zero-order valence-electron chi connectivity index (χ0n) is 17.1. The Balaban J connectivity index is 1.33. The summed E-state index contributed by atoms with van der Waals surface area (Å²) in [6.07, 6.45) is 0. The van der Waals surface area contributed by atoms with E-state index in [1.807, 2.05) is 13.0 Å². The third-order valence-corrected chi connectivity index (χ3v) is 5.27. The van der Waals surface area contributed by atoms with Crippen molar-refractivity contribution in [2.75, 3.05) is 68.9 Å². The molecule has 3 heterocycles. The van der Waals surface area contributed by atoms with Crippen molar-refractivity contribution in [3.05, 3.63) is 41.8 Å². The maximum Gasteiger partial charge on any atom is 0.260 e. The minimum absolute atomic E-state index is 0.0910. The molecule has 0 aliphatic carbocycles. The molecule has 2 fully saturated rings. The first-order chi connectivity index (χ1) is 14.6. The summed E-state index contributed by atoms with van der Waals surface area (Å²) in [5, 5.41) is 0. The predicted octanol–water partition coefficient (Wildman–Crippen LogP) is 1.49. The summed E-state index contributed by atoms with van der Waals surface area (Å²) in [6.45, 7) is 7.20. The number of carbonyl (C=O) groups is 1. The van der Waals surface area contributed by atoms with E-state index in [4.69, 9.17) is 14.5 Å². The van der Waals surface area contributed by atoms with Crippen LogP contribution in [0.5, 0.6) is 5.75 Å². The molecule has 0 spiro atoms. The van der Waals surface area contributed by atoms with E-state index in [9.17, 15) is 9.18 Å². The summed E-state index contributed by atoms with van der Waals surface area (Å²) in [5.41, 5.74) is 0.915. The van der Waals surface area contributed by atoms with Crippen LogP contribution in [0.3, 0.4) is 0 Å². The lowest BCUT2D eigenvalue weighted by atomic mass is 10.3. The second kappa shape index (κ2) is 9.25. The summed E-state index contributed by atoms with van der Waals surface area (Å²) in [6, 6.07) is 8.08. The van der Waals surface area contributed by atoms with Crippen LogP contribution < -0.4 is 14.5 Å². The number of hydrogen-bond acceptors (Lipinski definition) is 7. The Hall–Kier alpha value is -2.94. The summed E-state index contributed by atoms with van der Waals surface area (Å²) in [5.74, 6) is 1.07. The molecule has 2 aliphatic rings. The number of amides is 1. The van der Waals surface area contributed by atoms with Gasteiger partial charge in [-0.3, -0.25) is 4.79 Å². The molecule has 2 saturated heterocycles. The van der Waals surface area contributed by atoms with Crippen molar-refractivity contribution in [3.63, 3.8) is 0 Å². The highest BCUT2D eigenvalue weighted by Gasteiger charge is 2.24. The Morgan fingerprint density at radius 1 is 1.07 bits per heavy atom. The Morgan fingerprint density at radius 2 is 1.80 bits per heavy atom. The topological polar surface area (TPSA) is 71.0 Å². The molecular weight excluding hydrogens is 389 g/mol. The molecule has 0 saturated carbocycles. The highest BCUT2D eigenvalue weighted by molar-refractivity contribution is 5.78. The van der Waals surface area contributed by atoms with Crippen molar-refractivity contribution in [2.24, 2.45) is 0 Å². The molecule has 8 nitrogen and oxygen atoms in total. The van der Waals surface area contributed by atoms with Gasteiger partial charge in [-0.1, -0.05) is 12.1 Å². The minimum atomic E-state index is -0.470. The third-order valence-electron chi connectivity index (χ3n) is 5.27. The number of carbonyl (C=O) groups excluding carboxylic acids is 1. The molecule has 30 heavy (non-hydrogen) atoms. The van der Waals surface area contributed by atoms with Crippen LogP contribution in [0, 0.1) is 12.7 Å². The molecule has 0 radical (unpaired) electrons. The van der Waals surface area contributed by atoms with Gasteiger partial charge in [-0.15, -0.1) is 0 Å². The Morgan fingerprint density at radius 3 is 2.53 bits per heavy atom. The number of aryl methyl sites for hydroxylation is 1. The molecule has 4 rings (SSSR count). The van der Waals surface area contributed by atoms with Crippen LogP contribution in [0.15, 0.2) is 30.3 Å². The van der Waals surface area contributed by atoms with Gasteiger partial charge in [0, 0.05) is 51.0 Å². The Labute approximate surface area is 175 Å². The zero-order valence-corrected chi connectivity index (χ0v) is 17.1. The van der Waals surface area contributed by atoms with Gasteiger partial charge in [0.25, 0.3) is 5.91 Å². The molecule has 0 bridgehead atoms. The number of anilines is 2. The highest BCUT2D eigenvalue weighted by Crippen LogP contribution is 2.20. The molecule has 0 atom stereocenters. The molecule has 2 aromatic rings. The fraction of sp³-hybridized carbons (Fsp3) is 0.476. The predicted molar refractivity (Wildman–Crippen MR) is 110 cm³/mol. The molecule has 2 aliphatic heterocycles. The zero-order chi connectivity index (χ0) is 20.9. The first-order valence-electron chi connectivity index (χ1n) is 10.2. The maximum atomic E-state index is 13.6. The standard InChI is InChI=1S/C21H26FN5O3/c1-16-14-19(25-10-12-29-13-11-25)24-21(23-16)27-8-6-26(7-9-27)20(28)15-30-18-5-3-2-4-17(18)22/h2-5,14H,6-13,15H2,1H3. The Kier molecular flexibility index (Phi) is 6.27. The van der Waals surface area contributed by atoms with Crippen molar-refractivity contribution in [1.29, 1.82) is 0 Å². The number of nitrogens with zero attached hydrogens (tertiary/aromatic N) is 5. The van der Waals surface area contributed by atoms with Crippen LogP contribution in [-0.4, -0.2) is 79.9 Å². The van der Waals surface area contributed by atoms with Crippen LogP contribution in [-0.2, 0) is 9.53 Å². The third kappa shape index (κ3) is 4.79. The minimum Gasteiger partial charge on any atom is -0.481 e. The number of morpholine rings is 1. The smallest absolute Gasteiger partial charge is 0.260 e. The number of aromatic nitrogens is 2. The van der Waals surface area contributed by atoms with E-state index in [0.717, 1.165) is 24.6 Å². The van der Waals surface area contributed by atoms with Crippen molar-refractivity contribution < 1.29 is 18.7 Å². The van der Waals surface area contributed by atoms with Crippen molar-refractivity contribution in [1.82, 2.24) is 14.9 Å². The van der Waals surface area contributed by atoms with Gasteiger partial charge in [-0.25, -0.2) is 9.37 Å². The molecule has 9 heteroatoms. The van der Waals surface area contributed by atoms with E-state index in [1.54, 1.807) is 17.0 Å². The van der Waals surface area contributed by atoms with Crippen molar-refractivity contribution >= 4 is 17.7 Å². The molecule has 0 unspecified atom stereocenters. The number of benzene rings is 1. The lowest BCUT2D eigenvalue weighted by Gasteiger charge is -2.35. The molecule has 1 amide bonds. The number of piperazine rings is 1. The first kappa shape index (κ1) is 20.3. The van der Waals surface area contributed by atoms with E-state index in [-0.39, 0.29) is 18.3 Å². The average Bonchev–Trinajstić information content (AvgIpc) is 2.78. The van der Waals surface area contributed by atoms with Crippen molar-refractivity contribution in [3.8, 4) is 5.75 Å². The van der Waals surface area contributed by atoms with Crippen LogP contribution in [0.1, 0.15) is 5.69 Å². The average molecular weight is 415 g/mol. The Bertz CT molecular complexity index is 883. The molecule has 160 valence electrons. The van der Waals surface area contributed by atoms with Crippen LogP contribution >= 0.6 is 0 Å². The lowest BCUT2D eigenvalue weighted by Crippen LogP contribution is -2.50. The number of ether oxygens (including phenoxy) is 2. The van der Waals surface area contributed by atoms with E-state index >= 15 is 0 Å². The number of halogens is 1. The van der Waals surface area contributed by atoms with E-state index < -0.39 is 5.82 Å². The van der Waals surface area contributed by atoms with Gasteiger partial charge in [0.2, 0.25) is 5.95 Å². The van der Waals surface area contributed by atoms with E-state index in [1.165, 1.54) is 12.1 Å². The normalized spacial score (nSPS) is 17.2. The SMILES string of the molecule is Cc1cc(N2CCOCC2)nc(N2CCN(C(=O)COc3ccccc3F)CC2)n1. The highest BCUT2D eigenvalue weighted by atomic mass is 19.1. The van der Waals surface area contributed by atoms with Gasteiger partial charge in [0.05, 0.1) is 13.2 Å². The van der Waals surface area contributed by atoms with Gasteiger partial charge >= 0.3 is 0 Å². The first-order valence-corrected chi connectivity index (χ1v) is 10.2. The molecule has 0 N–H and O–H groups in total. The quantitative estimate of drug-likeness (QED) is 0.733. The molecule has 1 aromatic heterocycles. The van der Waals surface area contributed by atoms with Gasteiger partial charge in [0.1, 0.15) is 5.82 Å².